The number of thiophene rings is 1. The van der Waals surface area contributed by atoms with Crippen molar-refractivity contribution in [1.29, 1.82) is 0 Å². The van der Waals surface area contributed by atoms with Gasteiger partial charge in [-0.25, -0.2) is 0 Å². The molecular weight excluding hydrogens is 358 g/mol. The van der Waals surface area contributed by atoms with Crippen molar-refractivity contribution in [3.8, 4) is 11.1 Å². The molecule has 25 heavy (non-hydrogen) atoms. The number of carbonyl (C=O) groups excluding carboxylic acids is 1. The van der Waals surface area contributed by atoms with Crippen LogP contribution in [0.1, 0.15) is 16.1 Å². The molecule has 0 aliphatic rings. The van der Waals surface area contributed by atoms with Crippen LogP contribution in [-0.4, -0.2) is 25.7 Å². The van der Waals surface area contributed by atoms with Gasteiger partial charge >= 0.3 is 0 Å². The molecule has 8 heteroatoms. The van der Waals surface area contributed by atoms with Gasteiger partial charge in [-0.2, -0.15) is 21.0 Å². The Morgan fingerprint density at radius 3 is 3.00 bits per heavy atom. The molecule has 6 nitrogen and oxygen atoms in total. The van der Waals surface area contributed by atoms with Crippen LogP contribution < -0.4 is 5.32 Å². The second-order valence-corrected chi connectivity index (χ2v) is 6.58. The van der Waals surface area contributed by atoms with Gasteiger partial charge in [-0.15, -0.1) is 10.2 Å². The summed E-state index contributed by atoms with van der Waals surface area (Å²) in [5.74, 6) is -0.271. The highest BCUT2D eigenvalue weighted by Gasteiger charge is 2.15. The normalized spacial score (nSPS) is 10.9. The summed E-state index contributed by atoms with van der Waals surface area (Å²) in [5, 5.41) is 19.7. The molecule has 0 atom stereocenters. The standard InChI is InChI=1S/C17H12ClN5OS/c18-13-3-1-2-11(6-13)8-19-17(24)15-7-14(12-4-5-25-9-12)16-21-20-10-23(16)22-15/h1-7,9-10H,8H2,(H,19,24). The lowest BCUT2D eigenvalue weighted by molar-refractivity contribution is 0.0944. The van der Waals surface area contributed by atoms with Crippen LogP contribution in [-0.2, 0) is 6.54 Å². The van der Waals surface area contributed by atoms with Gasteiger partial charge in [0.05, 0.1) is 0 Å². The van der Waals surface area contributed by atoms with Gasteiger partial charge in [0.2, 0.25) is 0 Å². The van der Waals surface area contributed by atoms with Crippen molar-refractivity contribution in [2.75, 3.05) is 0 Å². The number of halogens is 1. The Balaban J connectivity index is 1.63. The van der Waals surface area contributed by atoms with Crippen LogP contribution in [0.4, 0.5) is 0 Å². The van der Waals surface area contributed by atoms with Crippen LogP contribution in [0.3, 0.4) is 0 Å². The third-order valence-corrected chi connectivity index (χ3v) is 4.59. The quantitative estimate of drug-likeness (QED) is 0.598. The molecular formula is C17H12ClN5OS. The minimum absolute atomic E-state index is 0.271. The van der Waals surface area contributed by atoms with E-state index in [9.17, 15) is 4.79 Å². The first-order valence-electron chi connectivity index (χ1n) is 7.47. The summed E-state index contributed by atoms with van der Waals surface area (Å²) in [6.45, 7) is 0.370. The second kappa shape index (κ2) is 6.62. The molecule has 0 fully saturated rings. The SMILES string of the molecule is O=C(NCc1cccc(Cl)c1)c1cc(-c2ccsc2)c2nncn2n1. The summed E-state index contributed by atoms with van der Waals surface area (Å²) >= 11 is 7.54. The molecule has 124 valence electrons. The lowest BCUT2D eigenvalue weighted by Gasteiger charge is -2.07. The smallest absolute Gasteiger partial charge is 0.272 e. The summed E-state index contributed by atoms with van der Waals surface area (Å²) in [5.41, 5.74) is 3.64. The van der Waals surface area contributed by atoms with E-state index < -0.39 is 0 Å². The fraction of sp³-hybridized carbons (Fsp3) is 0.0588. The third-order valence-electron chi connectivity index (χ3n) is 3.67. The molecule has 0 saturated carbocycles. The van der Waals surface area contributed by atoms with Crippen LogP contribution in [0, 0.1) is 0 Å². The Morgan fingerprint density at radius 2 is 2.20 bits per heavy atom. The van der Waals surface area contributed by atoms with E-state index in [1.807, 2.05) is 35.0 Å². The Labute approximate surface area is 152 Å². The highest BCUT2D eigenvalue weighted by molar-refractivity contribution is 7.08. The molecule has 1 aromatic carbocycles. The van der Waals surface area contributed by atoms with E-state index in [-0.39, 0.29) is 5.91 Å². The number of fused-ring (bicyclic) bond motifs is 1. The van der Waals surface area contributed by atoms with E-state index in [0.717, 1.165) is 16.7 Å². The number of nitrogens with one attached hydrogen (secondary N) is 1. The first-order chi connectivity index (χ1) is 12.2. The molecule has 0 radical (unpaired) electrons. The Hall–Kier alpha value is -2.77. The van der Waals surface area contributed by atoms with Crippen LogP contribution in [0.25, 0.3) is 16.8 Å². The average Bonchev–Trinajstić information content (AvgIpc) is 3.30. The van der Waals surface area contributed by atoms with Crippen molar-refractivity contribution in [1.82, 2.24) is 25.1 Å². The summed E-state index contributed by atoms with van der Waals surface area (Å²) in [6, 6.07) is 11.1. The zero-order valence-electron chi connectivity index (χ0n) is 12.9. The minimum Gasteiger partial charge on any atom is -0.347 e. The van der Waals surface area contributed by atoms with Crippen LogP contribution in [0.5, 0.6) is 0 Å². The van der Waals surface area contributed by atoms with Gasteiger partial charge in [-0.05, 0) is 46.2 Å². The van der Waals surface area contributed by atoms with E-state index in [0.29, 0.717) is 22.9 Å². The first kappa shape index (κ1) is 15.7. The Kier molecular flexibility index (Phi) is 4.17. The van der Waals surface area contributed by atoms with Gasteiger partial charge in [0.15, 0.2) is 5.65 Å². The molecule has 0 aliphatic heterocycles. The number of nitrogens with zero attached hydrogens (tertiary/aromatic N) is 4. The number of rotatable bonds is 4. The molecule has 3 aromatic heterocycles. The summed E-state index contributed by atoms with van der Waals surface area (Å²) in [7, 11) is 0. The molecule has 0 aliphatic carbocycles. The van der Waals surface area contributed by atoms with Gasteiger partial charge in [-0.3, -0.25) is 4.79 Å². The van der Waals surface area contributed by atoms with Gasteiger partial charge in [0, 0.05) is 17.1 Å². The van der Waals surface area contributed by atoms with Crippen molar-refractivity contribution in [2.45, 2.75) is 6.54 Å². The van der Waals surface area contributed by atoms with Crippen LogP contribution in [0.2, 0.25) is 5.02 Å². The lowest BCUT2D eigenvalue weighted by atomic mass is 10.1. The molecule has 0 saturated heterocycles. The predicted molar refractivity (Wildman–Crippen MR) is 96.7 cm³/mol. The molecule has 0 bridgehead atoms. The van der Waals surface area contributed by atoms with Gasteiger partial charge in [-0.1, -0.05) is 23.7 Å². The molecule has 4 aromatic rings. The van der Waals surface area contributed by atoms with E-state index in [1.54, 1.807) is 23.5 Å². The lowest BCUT2D eigenvalue weighted by Crippen LogP contribution is -2.24. The summed E-state index contributed by atoms with van der Waals surface area (Å²) < 4.78 is 1.52. The van der Waals surface area contributed by atoms with Gasteiger partial charge in [0.25, 0.3) is 5.91 Å². The largest absolute Gasteiger partial charge is 0.347 e. The van der Waals surface area contributed by atoms with Crippen molar-refractivity contribution in [2.24, 2.45) is 0 Å². The zero-order valence-corrected chi connectivity index (χ0v) is 14.5. The van der Waals surface area contributed by atoms with Gasteiger partial charge in [0.1, 0.15) is 12.0 Å². The highest BCUT2D eigenvalue weighted by Crippen LogP contribution is 2.25. The number of benzene rings is 1. The maximum atomic E-state index is 12.5. The molecule has 1 amide bonds. The maximum absolute atomic E-state index is 12.5. The molecule has 4 rings (SSSR count). The minimum atomic E-state index is -0.271. The third kappa shape index (κ3) is 3.24. The van der Waals surface area contributed by atoms with Crippen molar-refractivity contribution in [3.63, 3.8) is 0 Å². The molecule has 1 N–H and O–H groups in total. The number of hydrogen-bond donors (Lipinski definition) is 1. The van der Waals surface area contributed by atoms with Crippen molar-refractivity contribution >= 4 is 34.5 Å². The van der Waals surface area contributed by atoms with E-state index in [1.165, 1.54) is 10.8 Å². The molecule has 0 spiro atoms. The Bertz CT molecular complexity index is 1040. The van der Waals surface area contributed by atoms with E-state index in [2.05, 4.69) is 20.6 Å². The Morgan fingerprint density at radius 1 is 1.28 bits per heavy atom. The monoisotopic (exact) mass is 369 g/mol. The fourth-order valence-electron chi connectivity index (χ4n) is 2.49. The fourth-order valence-corrected chi connectivity index (χ4v) is 3.36. The number of aromatic nitrogens is 4. The maximum Gasteiger partial charge on any atom is 0.272 e. The van der Waals surface area contributed by atoms with E-state index in [4.69, 9.17) is 11.6 Å². The summed E-state index contributed by atoms with van der Waals surface area (Å²) in [4.78, 5) is 12.5. The summed E-state index contributed by atoms with van der Waals surface area (Å²) in [6.07, 6.45) is 1.49. The average molecular weight is 370 g/mol. The molecule has 3 heterocycles. The molecule has 0 unspecified atom stereocenters. The topological polar surface area (TPSA) is 72.2 Å². The van der Waals surface area contributed by atoms with Crippen molar-refractivity contribution < 1.29 is 4.79 Å². The van der Waals surface area contributed by atoms with E-state index >= 15 is 0 Å². The number of carbonyl (C=O) groups is 1. The second-order valence-electron chi connectivity index (χ2n) is 5.37. The van der Waals surface area contributed by atoms with Crippen LogP contribution in [0.15, 0.2) is 53.5 Å². The predicted octanol–water partition coefficient (Wildman–Crippen LogP) is 3.44. The number of hydrogen-bond acceptors (Lipinski definition) is 5. The van der Waals surface area contributed by atoms with Crippen LogP contribution >= 0.6 is 22.9 Å². The number of amides is 1. The van der Waals surface area contributed by atoms with Gasteiger partial charge < -0.3 is 5.32 Å². The van der Waals surface area contributed by atoms with Crippen molar-refractivity contribution in [3.05, 3.63) is 69.8 Å². The zero-order chi connectivity index (χ0) is 17.2. The highest BCUT2D eigenvalue weighted by atomic mass is 35.5. The first-order valence-corrected chi connectivity index (χ1v) is 8.79.